The summed E-state index contributed by atoms with van der Waals surface area (Å²) in [6.07, 6.45) is 0. The molecule has 0 saturated carbocycles. The fourth-order valence-corrected chi connectivity index (χ4v) is 2.32. The van der Waals surface area contributed by atoms with E-state index >= 15 is 0 Å². The summed E-state index contributed by atoms with van der Waals surface area (Å²) >= 11 is 0. The first kappa shape index (κ1) is 14.9. The second kappa shape index (κ2) is 6.79. The van der Waals surface area contributed by atoms with Crippen LogP contribution in [0.4, 0.5) is 17.1 Å². The molecule has 0 unspecified atom stereocenters. The van der Waals surface area contributed by atoms with E-state index < -0.39 is 0 Å². The van der Waals surface area contributed by atoms with Crippen LogP contribution in [0.1, 0.15) is 15.9 Å². The van der Waals surface area contributed by atoms with E-state index in [-0.39, 0.29) is 5.91 Å². The summed E-state index contributed by atoms with van der Waals surface area (Å²) in [5, 5.41) is 6.24. The van der Waals surface area contributed by atoms with Gasteiger partial charge in [0.25, 0.3) is 5.91 Å². The molecule has 3 nitrogen and oxygen atoms in total. The molecule has 3 aromatic carbocycles. The molecule has 2 N–H and O–H groups in total. The maximum absolute atomic E-state index is 12.1. The van der Waals surface area contributed by atoms with Crippen LogP contribution in [0.5, 0.6) is 0 Å². The van der Waals surface area contributed by atoms with Crippen LogP contribution in [0.15, 0.2) is 78.9 Å². The van der Waals surface area contributed by atoms with Gasteiger partial charge in [0.05, 0.1) is 0 Å². The Labute approximate surface area is 136 Å². The zero-order valence-electron chi connectivity index (χ0n) is 12.9. The molecule has 0 fully saturated rings. The molecule has 3 rings (SSSR count). The van der Waals surface area contributed by atoms with E-state index in [2.05, 4.69) is 29.7 Å². The Hall–Kier alpha value is -3.07. The average molecular weight is 302 g/mol. The fourth-order valence-electron chi connectivity index (χ4n) is 2.32. The van der Waals surface area contributed by atoms with Gasteiger partial charge in [-0.2, -0.15) is 0 Å². The van der Waals surface area contributed by atoms with Crippen molar-refractivity contribution in [1.29, 1.82) is 0 Å². The van der Waals surface area contributed by atoms with Gasteiger partial charge in [-0.15, -0.1) is 0 Å². The SMILES string of the molecule is Cc1cccc(Nc2ccc(NC(=O)c3ccccc3)cc2)c1. The van der Waals surface area contributed by atoms with Crippen molar-refractivity contribution in [1.82, 2.24) is 0 Å². The normalized spacial score (nSPS) is 10.1. The molecule has 0 radical (unpaired) electrons. The fraction of sp³-hybridized carbons (Fsp3) is 0.0500. The van der Waals surface area contributed by atoms with E-state index in [0.29, 0.717) is 5.56 Å². The Balaban J connectivity index is 1.66. The van der Waals surface area contributed by atoms with Crippen molar-refractivity contribution in [2.45, 2.75) is 6.92 Å². The van der Waals surface area contributed by atoms with Crippen molar-refractivity contribution in [2.75, 3.05) is 10.6 Å². The van der Waals surface area contributed by atoms with Gasteiger partial charge in [-0.05, 0) is 61.0 Å². The summed E-state index contributed by atoms with van der Waals surface area (Å²) in [5.74, 6) is -0.106. The summed E-state index contributed by atoms with van der Waals surface area (Å²) < 4.78 is 0. The molecule has 1 amide bonds. The van der Waals surface area contributed by atoms with Crippen LogP contribution in [0.2, 0.25) is 0 Å². The lowest BCUT2D eigenvalue weighted by Gasteiger charge is -2.09. The number of rotatable bonds is 4. The van der Waals surface area contributed by atoms with Gasteiger partial charge in [0, 0.05) is 22.6 Å². The quantitative estimate of drug-likeness (QED) is 0.712. The molecule has 0 aliphatic carbocycles. The molecular formula is C20H18N2O. The minimum atomic E-state index is -0.106. The van der Waals surface area contributed by atoms with Gasteiger partial charge in [-0.3, -0.25) is 4.79 Å². The number of carbonyl (C=O) groups excluding carboxylic acids is 1. The number of carbonyl (C=O) groups is 1. The summed E-state index contributed by atoms with van der Waals surface area (Å²) in [5.41, 5.74) is 4.66. The lowest BCUT2D eigenvalue weighted by Crippen LogP contribution is -2.11. The Morgan fingerprint density at radius 2 is 1.43 bits per heavy atom. The van der Waals surface area contributed by atoms with E-state index in [4.69, 9.17) is 0 Å². The van der Waals surface area contributed by atoms with Gasteiger partial charge in [0.1, 0.15) is 0 Å². The summed E-state index contributed by atoms with van der Waals surface area (Å²) in [6, 6.07) is 25.1. The van der Waals surface area contributed by atoms with Gasteiger partial charge >= 0.3 is 0 Å². The van der Waals surface area contributed by atoms with Gasteiger partial charge in [0.2, 0.25) is 0 Å². The van der Waals surface area contributed by atoms with Crippen molar-refractivity contribution in [2.24, 2.45) is 0 Å². The number of anilines is 3. The molecule has 0 bridgehead atoms. The van der Waals surface area contributed by atoms with Crippen LogP contribution in [0.3, 0.4) is 0 Å². The molecule has 0 spiro atoms. The molecule has 23 heavy (non-hydrogen) atoms. The van der Waals surface area contributed by atoms with Crippen LogP contribution in [0.25, 0.3) is 0 Å². The van der Waals surface area contributed by atoms with E-state index in [1.54, 1.807) is 12.1 Å². The summed E-state index contributed by atoms with van der Waals surface area (Å²) in [7, 11) is 0. The van der Waals surface area contributed by atoms with Gasteiger partial charge in [-0.25, -0.2) is 0 Å². The molecule has 0 aliphatic rings. The molecule has 0 aromatic heterocycles. The largest absolute Gasteiger partial charge is 0.356 e. The molecule has 3 aromatic rings. The highest BCUT2D eigenvalue weighted by Crippen LogP contribution is 2.20. The molecule has 0 atom stereocenters. The van der Waals surface area contributed by atoms with Crippen LogP contribution < -0.4 is 10.6 Å². The van der Waals surface area contributed by atoms with E-state index in [0.717, 1.165) is 17.1 Å². The van der Waals surface area contributed by atoms with Crippen molar-refractivity contribution in [3.63, 3.8) is 0 Å². The van der Waals surface area contributed by atoms with Gasteiger partial charge in [0.15, 0.2) is 0 Å². The standard InChI is InChI=1S/C20H18N2O/c1-15-6-5-9-19(14-15)21-17-10-12-18(13-11-17)22-20(23)16-7-3-2-4-8-16/h2-14,21H,1H3,(H,22,23). The zero-order chi connectivity index (χ0) is 16.1. The second-order valence-corrected chi connectivity index (χ2v) is 5.39. The van der Waals surface area contributed by atoms with E-state index in [1.165, 1.54) is 5.56 Å². The number of amides is 1. The van der Waals surface area contributed by atoms with Gasteiger partial charge < -0.3 is 10.6 Å². The maximum atomic E-state index is 12.1. The smallest absolute Gasteiger partial charge is 0.255 e. The minimum Gasteiger partial charge on any atom is -0.356 e. The lowest BCUT2D eigenvalue weighted by molar-refractivity contribution is 0.102. The third kappa shape index (κ3) is 3.98. The van der Waals surface area contributed by atoms with Crippen LogP contribution >= 0.6 is 0 Å². The van der Waals surface area contributed by atoms with Crippen molar-refractivity contribution >= 4 is 23.0 Å². The van der Waals surface area contributed by atoms with Gasteiger partial charge in [-0.1, -0.05) is 30.3 Å². The van der Waals surface area contributed by atoms with E-state index in [9.17, 15) is 4.79 Å². The molecule has 0 aliphatic heterocycles. The highest BCUT2D eigenvalue weighted by atomic mass is 16.1. The molecular weight excluding hydrogens is 284 g/mol. The summed E-state index contributed by atoms with van der Waals surface area (Å²) in [4.78, 5) is 12.1. The number of aryl methyl sites for hydroxylation is 1. The predicted octanol–water partition coefficient (Wildman–Crippen LogP) is 4.99. The molecule has 114 valence electrons. The highest BCUT2D eigenvalue weighted by molar-refractivity contribution is 6.04. The Morgan fingerprint density at radius 1 is 0.739 bits per heavy atom. The third-order valence-corrected chi connectivity index (χ3v) is 3.49. The van der Waals surface area contributed by atoms with Crippen LogP contribution in [-0.4, -0.2) is 5.91 Å². The first-order valence-electron chi connectivity index (χ1n) is 7.51. The molecule has 0 saturated heterocycles. The average Bonchev–Trinajstić information content (AvgIpc) is 2.57. The second-order valence-electron chi connectivity index (χ2n) is 5.39. The van der Waals surface area contributed by atoms with Crippen LogP contribution in [0, 0.1) is 6.92 Å². The van der Waals surface area contributed by atoms with Crippen molar-refractivity contribution < 1.29 is 4.79 Å². The van der Waals surface area contributed by atoms with E-state index in [1.807, 2.05) is 54.6 Å². The first-order valence-corrected chi connectivity index (χ1v) is 7.51. The molecule has 3 heteroatoms. The minimum absolute atomic E-state index is 0.106. The Morgan fingerprint density at radius 3 is 2.13 bits per heavy atom. The Bertz CT molecular complexity index is 795. The number of hydrogen-bond donors (Lipinski definition) is 2. The number of hydrogen-bond acceptors (Lipinski definition) is 2. The third-order valence-electron chi connectivity index (χ3n) is 3.49. The van der Waals surface area contributed by atoms with Crippen molar-refractivity contribution in [3.05, 3.63) is 90.0 Å². The zero-order valence-corrected chi connectivity index (χ0v) is 12.9. The molecule has 0 heterocycles. The predicted molar refractivity (Wildman–Crippen MR) is 95.3 cm³/mol. The Kier molecular flexibility index (Phi) is 4.39. The number of nitrogens with one attached hydrogen (secondary N) is 2. The van der Waals surface area contributed by atoms with Crippen LogP contribution in [-0.2, 0) is 0 Å². The first-order chi connectivity index (χ1) is 11.2. The number of benzene rings is 3. The monoisotopic (exact) mass is 302 g/mol. The lowest BCUT2D eigenvalue weighted by atomic mass is 10.2. The highest BCUT2D eigenvalue weighted by Gasteiger charge is 2.04. The van der Waals surface area contributed by atoms with Crippen molar-refractivity contribution in [3.8, 4) is 0 Å². The summed E-state index contributed by atoms with van der Waals surface area (Å²) in [6.45, 7) is 2.06. The maximum Gasteiger partial charge on any atom is 0.255 e. The topological polar surface area (TPSA) is 41.1 Å².